The lowest BCUT2D eigenvalue weighted by atomic mass is 10.1. The highest BCUT2D eigenvalue weighted by atomic mass is 32.1. The summed E-state index contributed by atoms with van der Waals surface area (Å²) >= 11 is 1.38. The number of aromatic nitrogens is 2. The van der Waals surface area contributed by atoms with Crippen LogP contribution >= 0.6 is 11.3 Å². The van der Waals surface area contributed by atoms with Gasteiger partial charge in [0.1, 0.15) is 17.3 Å². The Balaban J connectivity index is 1.53. The molecule has 0 aliphatic carbocycles. The number of nitrogens with zero attached hydrogens (tertiary/aromatic N) is 1. The lowest BCUT2D eigenvalue weighted by Crippen LogP contribution is -2.15. The second-order valence-electron chi connectivity index (χ2n) is 7.30. The number of carbonyl (C=O) groups excluding carboxylic acids is 1. The molecule has 0 atom stereocenters. The molecule has 4 rings (SSSR count). The number of thiophene rings is 1. The van der Waals surface area contributed by atoms with E-state index in [2.05, 4.69) is 15.3 Å². The Morgan fingerprint density at radius 2 is 1.91 bits per heavy atom. The number of hydrogen-bond acceptors (Lipinski definition) is 6. The number of nitrogens with one attached hydrogen (secondary N) is 2. The van der Waals surface area contributed by atoms with Gasteiger partial charge >= 0.3 is 12.1 Å². The number of aryl methyl sites for hydroxylation is 2. The van der Waals surface area contributed by atoms with Gasteiger partial charge < -0.3 is 15.0 Å². The normalized spacial score (nSPS) is 11.5. The number of H-pyrrole nitrogens is 1. The first-order valence-electron chi connectivity index (χ1n) is 9.83. The topological polar surface area (TPSA) is 84.1 Å². The summed E-state index contributed by atoms with van der Waals surface area (Å²) in [7, 11) is 0. The number of halogens is 3. The van der Waals surface area contributed by atoms with E-state index in [1.807, 2.05) is 13.8 Å². The third-order valence-electron chi connectivity index (χ3n) is 5.04. The second-order valence-corrected chi connectivity index (χ2v) is 8.50. The molecule has 2 aromatic heterocycles. The van der Waals surface area contributed by atoms with Gasteiger partial charge in [0.25, 0.3) is 5.56 Å². The summed E-state index contributed by atoms with van der Waals surface area (Å²) in [5, 5.41) is 3.35. The molecule has 0 aliphatic rings. The number of para-hydroxylation sites is 1. The molecule has 2 heterocycles. The number of benzene rings is 2. The average molecular weight is 473 g/mol. The summed E-state index contributed by atoms with van der Waals surface area (Å²) in [6.07, 6.45) is -4.49. The van der Waals surface area contributed by atoms with E-state index in [9.17, 15) is 22.8 Å². The maximum atomic E-state index is 13.0. The average Bonchev–Trinajstić information content (AvgIpc) is 3.06. The third kappa shape index (κ3) is 4.75. The highest BCUT2D eigenvalue weighted by Gasteiger charge is 2.30. The lowest BCUT2D eigenvalue weighted by Gasteiger charge is -2.13. The summed E-state index contributed by atoms with van der Waals surface area (Å²) < 4.78 is 44.3. The molecule has 0 saturated heterocycles. The zero-order chi connectivity index (χ0) is 23.8. The van der Waals surface area contributed by atoms with E-state index in [1.54, 1.807) is 18.2 Å². The molecule has 6 nitrogen and oxygen atoms in total. The molecule has 0 radical (unpaired) electrons. The Labute approximate surface area is 190 Å². The summed E-state index contributed by atoms with van der Waals surface area (Å²) in [6.45, 7) is 3.48. The van der Waals surface area contributed by atoms with E-state index in [4.69, 9.17) is 4.74 Å². The number of anilines is 2. The maximum Gasteiger partial charge on any atom is 0.416 e. The van der Waals surface area contributed by atoms with Gasteiger partial charge in [0.2, 0.25) is 0 Å². The van der Waals surface area contributed by atoms with Crippen molar-refractivity contribution in [2.75, 3.05) is 5.32 Å². The zero-order valence-electron chi connectivity index (χ0n) is 17.5. The molecule has 0 fully saturated rings. The molecule has 2 aromatic carbocycles. The molecule has 0 unspecified atom stereocenters. The highest BCUT2D eigenvalue weighted by Crippen LogP contribution is 2.32. The van der Waals surface area contributed by atoms with Gasteiger partial charge in [-0.25, -0.2) is 9.78 Å². The molecule has 0 saturated carbocycles. The smallest absolute Gasteiger partial charge is 0.416 e. The van der Waals surface area contributed by atoms with Crippen molar-refractivity contribution >= 4 is 38.9 Å². The number of ether oxygens (including phenoxy) is 1. The number of alkyl halides is 3. The fourth-order valence-electron chi connectivity index (χ4n) is 3.28. The third-order valence-corrected chi connectivity index (χ3v) is 6.15. The van der Waals surface area contributed by atoms with Gasteiger partial charge in [-0.05, 0) is 49.7 Å². The van der Waals surface area contributed by atoms with Crippen LogP contribution in [-0.4, -0.2) is 15.9 Å². The van der Waals surface area contributed by atoms with Crippen LogP contribution in [0.2, 0.25) is 0 Å². The summed E-state index contributed by atoms with van der Waals surface area (Å²) in [6, 6.07) is 11.0. The molecule has 4 aromatic rings. The largest absolute Gasteiger partial charge is 0.454 e. The molecule has 33 heavy (non-hydrogen) atoms. The van der Waals surface area contributed by atoms with Gasteiger partial charge in [-0.3, -0.25) is 4.79 Å². The molecule has 2 N–H and O–H groups in total. The Bertz CT molecular complexity index is 1410. The number of rotatable bonds is 5. The van der Waals surface area contributed by atoms with E-state index in [1.165, 1.54) is 29.5 Å². The molecular weight excluding hydrogens is 455 g/mol. The number of fused-ring (bicyclic) bond motifs is 1. The van der Waals surface area contributed by atoms with Crippen molar-refractivity contribution in [1.29, 1.82) is 0 Å². The van der Waals surface area contributed by atoms with Gasteiger partial charge in [-0.2, -0.15) is 13.2 Å². The van der Waals surface area contributed by atoms with E-state index < -0.39 is 17.7 Å². The van der Waals surface area contributed by atoms with Crippen LogP contribution in [0.25, 0.3) is 10.2 Å². The van der Waals surface area contributed by atoms with Crippen molar-refractivity contribution < 1.29 is 22.7 Å². The molecule has 0 amide bonds. The fourth-order valence-corrected chi connectivity index (χ4v) is 4.33. The number of aromatic amines is 1. The van der Waals surface area contributed by atoms with Gasteiger partial charge in [0.05, 0.1) is 22.2 Å². The van der Waals surface area contributed by atoms with Crippen LogP contribution in [0.5, 0.6) is 0 Å². The predicted molar refractivity (Wildman–Crippen MR) is 120 cm³/mol. The summed E-state index contributed by atoms with van der Waals surface area (Å²) in [5.41, 5.74) is 0.327. The molecule has 0 spiro atoms. The summed E-state index contributed by atoms with van der Waals surface area (Å²) in [5.74, 6) is -0.517. The monoisotopic (exact) mass is 473 g/mol. The van der Waals surface area contributed by atoms with E-state index >= 15 is 0 Å². The van der Waals surface area contributed by atoms with E-state index in [0.29, 0.717) is 10.2 Å². The van der Waals surface area contributed by atoms with Gasteiger partial charge in [-0.15, -0.1) is 11.3 Å². The van der Waals surface area contributed by atoms with Gasteiger partial charge in [0.15, 0.2) is 0 Å². The standard InChI is InChI=1S/C23H18F3N3O3S/c1-12-13(2)33-21-19(12)20(30)28-18(29-21)11-32-22(31)16-8-3-4-9-17(16)27-15-7-5-6-14(10-15)23(24,25)26/h3-10,27H,11H2,1-2H3,(H,28,29,30). The SMILES string of the molecule is Cc1sc2nc(COC(=O)c3ccccc3Nc3cccc(C(F)(F)F)c3)[nH]c(=O)c2c1C. The van der Waals surface area contributed by atoms with E-state index in [0.717, 1.165) is 22.6 Å². The second kappa shape index (κ2) is 8.70. The number of esters is 1. The minimum atomic E-state index is -4.49. The van der Waals surface area contributed by atoms with Crippen molar-refractivity contribution in [1.82, 2.24) is 9.97 Å². The molecule has 10 heteroatoms. The number of hydrogen-bond donors (Lipinski definition) is 2. The van der Waals surface area contributed by atoms with Gasteiger partial charge in [-0.1, -0.05) is 18.2 Å². The fraction of sp³-hybridized carbons (Fsp3) is 0.174. The van der Waals surface area contributed by atoms with Gasteiger partial charge in [0, 0.05) is 10.6 Å². The van der Waals surface area contributed by atoms with Crippen molar-refractivity contribution in [3.8, 4) is 0 Å². The Kier molecular flexibility index (Phi) is 5.94. The predicted octanol–water partition coefficient (Wildman–Crippen LogP) is 5.72. The first kappa shape index (κ1) is 22.5. The molecule has 0 aliphatic heterocycles. The molecular formula is C23H18F3N3O3S. The van der Waals surface area contributed by atoms with Crippen LogP contribution in [0.4, 0.5) is 24.5 Å². The Morgan fingerprint density at radius 3 is 2.67 bits per heavy atom. The van der Waals surface area contributed by atoms with Crippen molar-refractivity contribution in [3.63, 3.8) is 0 Å². The highest BCUT2D eigenvalue weighted by molar-refractivity contribution is 7.18. The van der Waals surface area contributed by atoms with Crippen molar-refractivity contribution in [3.05, 3.63) is 86.3 Å². The van der Waals surface area contributed by atoms with Crippen LogP contribution in [0.15, 0.2) is 53.3 Å². The van der Waals surface area contributed by atoms with Crippen LogP contribution < -0.4 is 10.9 Å². The summed E-state index contributed by atoms with van der Waals surface area (Å²) in [4.78, 5) is 33.6. The zero-order valence-corrected chi connectivity index (χ0v) is 18.4. The van der Waals surface area contributed by atoms with Crippen LogP contribution in [0, 0.1) is 13.8 Å². The Morgan fingerprint density at radius 1 is 1.15 bits per heavy atom. The first-order valence-corrected chi connectivity index (χ1v) is 10.6. The van der Waals surface area contributed by atoms with Crippen LogP contribution in [0.3, 0.4) is 0 Å². The minimum Gasteiger partial charge on any atom is -0.454 e. The van der Waals surface area contributed by atoms with E-state index in [-0.39, 0.29) is 34.9 Å². The lowest BCUT2D eigenvalue weighted by molar-refractivity contribution is -0.137. The van der Waals surface area contributed by atoms with Crippen molar-refractivity contribution in [2.24, 2.45) is 0 Å². The number of carbonyl (C=O) groups is 1. The molecule has 170 valence electrons. The minimum absolute atomic E-state index is 0.126. The quantitative estimate of drug-likeness (QED) is 0.362. The first-order chi connectivity index (χ1) is 15.6. The van der Waals surface area contributed by atoms with Crippen molar-refractivity contribution in [2.45, 2.75) is 26.6 Å². The molecule has 0 bridgehead atoms. The van der Waals surface area contributed by atoms with Crippen LogP contribution in [0.1, 0.15) is 32.2 Å². The van der Waals surface area contributed by atoms with Crippen LogP contribution in [-0.2, 0) is 17.5 Å². The maximum absolute atomic E-state index is 13.0. The Hall–Kier alpha value is -3.66.